The molecule has 0 radical (unpaired) electrons. The van der Waals surface area contributed by atoms with Crippen molar-refractivity contribution in [2.24, 2.45) is 5.92 Å². The van der Waals surface area contributed by atoms with Gasteiger partial charge in [-0.2, -0.15) is 0 Å². The fourth-order valence-electron chi connectivity index (χ4n) is 3.31. The summed E-state index contributed by atoms with van der Waals surface area (Å²) in [5.41, 5.74) is 0. The predicted molar refractivity (Wildman–Crippen MR) is 70.9 cm³/mol. The van der Waals surface area contributed by atoms with E-state index < -0.39 is 0 Å². The Morgan fingerprint density at radius 3 is 2.35 bits per heavy atom. The molecule has 0 aromatic carbocycles. The monoisotopic (exact) mass is 237 g/mol. The number of unbranched alkanes of at least 4 members (excludes halogenated alkanes) is 1. The zero-order valence-electron chi connectivity index (χ0n) is 11.1. The molecule has 1 aliphatic heterocycles. The largest absolute Gasteiger partial charge is 0.343 e. The normalized spacial score (nSPS) is 22.0. The fourth-order valence-corrected chi connectivity index (χ4v) is 3.31. The van der Waals surface area contributed by atoms with Crippen LogP contribution < -0.4 is 0 Å². The minimum absolute atomic E-state index is 0.413. The number of amides is 1. The van der Waals surface area contributed by atoms with Gasteiger partial charge in [-0.15, -0.1) is 0 Å². The average molecular weight is 237 g/mol. The molecule has 1 saturated heterocycles. The third-order valence-corrected chi connectivity index (χ3v) is 4.44. The van der Waals surface area contributed by atoms with Crippen LogP contribution in [0.3, 0.4) is 0 Å². The van der Waals surface area contributed by atoms with Crippen LogP contribution in [0, 0.1) is 5.92 Å². The van der Waals surface area contributed by atoms with Gasteiger partial charge in [-0.05, 0) is 31.6 Å². The van der Waals surface area contributed by atoms with Gasteiger partial charge in [-0.3, -0.25) is 4.79 Å². The highest BCUT2D eigenvalue weighted by atomic mass is 16.2. The summed E-state index contributed by atoms with van der Waals surface area (Å²) in [5.74, 6) is 1.40. The Morgan fingerprint density at radius 1 is 0.941 bits per heavy atom. The van der Waals surface area contributed by atoms with Crippen LogP contribution in [0.2, 0.25) is 0 Å². The smallest absolute Gasteiger partial charge is 0.222 e. The molecule has 1 saturated carbocycles. The Morgan fingerprint density at radius 2 is 1.65 bits per heavy atom. The minimum Gasteiger partial charge on any atom is -0.343 e. The van der Waals surface area contributed by atoms with E-state index in [2.05, 4.69) is 4.90 Å². The van der Waals surface area contributed by atoms with Crippen molar-refractivity contribution in [3.63, 3.8) is 0 Å². The van der Waals surface area contributed by atoms with Crippen LogP contribution in [0.5, 0.6) is 0 Å². The first-order chi connectivity index (χ1) is 8.36. The summed E-state index contributed by atoms with van der Waals surface area (Å²) >= 11 is 0. The van der Waals surface area contributed by atoms with Crippen molar-refractivity contribution in [2.45, 2.75) is 70.6 Å². The van der Waals surface area contributed by atoms with Gasteiger partial charge in [0.15, 0.2) is 0 Å². The number of carbonyl (C=O) groups excluding carboxylic acids is 1. The van der Waals surface area contributed by atoms with Gasteiger partial charge in [0.25, 0.3) is 0 Å². The van der Waals surface area contributed by atoms with E-state index in [1.165, 1.54) is 57.8 Å². The molecular formula is C15H27NO. The van der Waals surface area contributed by atoms with E-state index in [1.54, 1.807) is 0 Å². The van der Waals surface area contributed by atoms with Gasteiger partial charge in [0.2, 0.25) is 5.91 Å². The quantitative estimate of drug-likeness (QED) is 0.667. The van der Waals surface area contributed by atoms with Crippen LogP contribution in [0.25, 0.3) is 0 Å². The van der Waals surface area contributed by atoms with Gasteiger partial charge in [0.05, 0.1) is 0 Å². The van der Waals surface area contributed by atoms with Gasteiger partial charge in [0.1, 0.15) is 0 Å². The van der Waals surface area contributed by atoms with Crippen LogP contribution in [0.1, 0.15) is 70.6 Å². The zero-order valence-corrected chi connectivity index (χ0v) is 11.1. The van der Waals surface area contributed by atoms with Gasteiger partial charge in [-0.1, -0.05) is 38.5 Å². The van der Waals surface area contributed by atoms with E-state index in [0.717, 1.165) is 31.8 Å². The predicted octanol–water partition coefficient (Wildman–Crippen LogP) is 3.75. The molecule has 1 amide bonds. The molecule has 0 aromatic heterocycles. The van der Waals surface area contributed by atoms with Crippen LogP contribution in [0.15, 0.2) is 0 Å². The molecule has 2 heteroatoms. The van der Waals surface area contributed by atoms with Crippen molar-refractivity contribution in [2.75, 3.05) is 13.1 Å². The van der Waals surface area contributed by atoms with Gasteiger partial charge < -0.3 is 4.90 Å². The molecule has 0 bridgehead atoms. The molecular weight excluding hydrogens is 210 g/mol. The number of hydrogen-bond donors (Lipinski definition) is 0. The molecule has 1 aliphatic carbocycles. The maximum absolute atomic E-state index is 11.9. The van der Waals surface area contributed by atoms with Crippen molar-refractivity contribution in [1.82, 2.24) is 4.90 Å². The number of carbonyl (C=O) groups is 1. The molecule has 2 rings (SSSR count). The first-order valence-corrected chi connectivity index (χ1v) is 7.64. The number of rotatable bonds is 5. The van der Waals surface area contributed by atoms with Gasteiger partial charge in [-0.25, -0.2) is 0 Å². The maximum Gasteiger partial charge on any atom is 0.222 e. The SMILES string of the molecule is O=C(CCCCC1CCCC1)N1CCCCC1. The molecule has 17 heavy (non-hydrogen) atoms. The summed E-state index contributed by atoms with van der Waals surface area (Å²) in [6.45, 7) is 2.03. The first-order valence-electron chi connectivity index (χ1n) is 7.64. The Hall–Kier alpha value is -0.530. The molecule has 0 aromatic rings. The van der Waals surface area contributed by atoms with E-state index in [0.29, 0.717) is 5.91 Å². The van der Waals surface area contributed by atoms with Crippen LogP contribution >= 0.6 is 0 Å². The van der Waals surface area contributed by atoms with Crippen molar-refractivity contribution in [3.8, 4) is 0 Å². The van der Waals surface area contributed by atoms with Crippen molar-refractivity contribution >= 4 is 5.91 Å². The highest BCUT2D eigenvalue weighted by Gasteiger charge is 2.17. The third-order valence-electron chi connectivity index (χ3n) is 4.44. The van der Waals surface area contributed by atoms with Crippen LogP contribution in [0.4, 0.5) is 0 Å². The first kappa shape index (κ1) is 12.9. The molecule has 2 fully saturated rings. The lowest BCUT2D eigenvalue weighted by molar-refractivity contribution is -0.132. The summed E-state index contributed by atoms with van der Waals surface area (Å²) in [6, 6.07) is 0. The molecule has 0 atom stereocenters. The number of nitrogens with zero attached hydrogens (tertiary/aromatic N) is 1. The van der Waals surface area contributed by atoms with Crippen molar-refractivity contribution < 1.29 is 4.79 Å². The van der Waals surface area contributed by atoms with Crippen molar-refractivity contribution in [1.29, 1.82) is 0 Å². The molecule has 0 N–H and O–H groups in total. The second kappa shape index (κ2) is 7.03. The van der Waals surface area contributed by atoms with Gasteiger partial charge in [0, 0.05) is 19.5 Å². The van der Waals surface area contributed by atoms with E-state index in [9.17, 15) is 4.79 Å². The topological polar surface area (TPSA) is 20.3 Å². The van der Waals surface area contributed by atoms with E-state index >= 15 is 0 Å². The van der Waals surface area contributed by atoms with Gasteiger partial charge >= 0.3 is 0 Å². The van der Waals surface area contributed by atoms with Crippen LogP contribution in [-0.2, 0) is 4.79 Å². The zero-order chi connectivity index (χ0) is 11.9. The summed E-state index contributed by atoms with van der Waals surface area (Å²) in [7, 11) is 0. The van der Waals surface area contributed by atoms with Crippen molar-refractivity contribution in [3.05, 3.63) is 0 Å². The lowest BCUT2D eigenvalue weighted by Gasteiger charge is -2.26. The highest BCUT2D eigenvalue weighted by molar-refractivity contribution is 5.76. The summed E-state index contributed by atoms with van der Waals surface area (Å²) < 4.78 is 0. The van der Waals surface area contributed by atoms with E-state index in [1.807, 2.05) is 0 Å². The van der Waals surface area contributed by atoms with Crippen LogP contribution in [-0.4, -0.2) is 23.9 Å². The number of hydrogen-bond acceptors (Lipinski definition) is 1. The second-order valence-electron chi connectivity index (χ2n) is 5.84. The Kier molecular flexibility index (Phi) is 5.34. The second-order valence-corrected chi connectivity index (χ2v) is 5.84. The highest BCUT2D eigenvalue weighted by Crippen LogP contribution is 2.29. The minimum atomic E-state index is 0.413. The molecule has 1 heterocycles. The maximum atomic E-state index is 11.9. The van der Waals surface area contributed by atoms with E-state index in [-0.39, 0.29) is 0 Å². The number of likely N-dealkylation sites (tertiary alicyclic amines) is 1. The lowest BCUT2D eigenvalue weighted by Crippen LogP contribution is -2.35. The molecule has 98 valence electrons. The molecule has 2 nitrogen and oxygen atoms in total. The molecule has 0 unspecified atom stereocenters. The van der Waals surface area contributed by atoms with E-state index in [4.69, 9.17) is 0 Å². The summed E-state index contributed by atoms with van der Waals surface area (Å²) in [4.78, 5) is 14.0. The standard InChI is InChI=1S/C15H27NO/c17-15(16-12-6-1-7-13-16)11-5-4-10-14-8-2-3-9-14/h14H,1-13H2. The Balaban J connectivity index is 1.53. The average Bonchev–Trinajstić information content (AvgIpc) is 2.88. The number of piperidine rings is 1. The third kappa shape index (κ3) is 4.33. The fraction of sp³-hybridized carbons (Fsp3) is 0.933. The molecule has 2 aliphatic rings. The molecule has 0 spiro atoms. The Labute approximate surface area is 106 Å². The summed E-state index contributed by atoms with van der Waals surface area (Å²) in [5, 5.41) is 0. The summed E-state index contributed by atoms with van der Waals surface area (Å²) in [6.07, 6.45) is 14.1. The Bertz CT molecular complexity index is 227. The lowest BCUT2D eigenvalue weighted by atomic mass is 9.99.